The maximum absolute atomic E-state index is 12.5. The van der Waals surface area contributed by atoms with Crippen molar-refractivity contribution in [2.45, 2.75) is 309 Å². The van der Waals surface area contributed by atoms with E-state index in [2.05, 4.69) is 55.6 Å². The average molecular weight is 901 g/mol. The molecule has 2 unspecified atom stereocenters. The van der Waals surface area contributed by atoms with E-state index in [0.717, 1.165) is 89.9 Å². The van der Waals surface area contributed by atoms with Crippen LogP contribution in [0.2, 0.25) is 0 Å². The summed E-state index contributed by atoms with van der Waals surface area (Å²) in [5.74, 6) is -0.121. The zero-order valence-electron chi connectivity index (χ0n) is 42.8. The first-order valence-corrected chi connectivity index (χ1v) is 28.2. The fraction of sp³-hybridized carbons (Fsp3) is 0.862. The predicted octanol–water partition coefficient (Wildman–Crippen LogP) is 17.2. The van der Waals surface area contributed by atoms with Crippen LogP contribution in [0, 0.1) is 0 Å². The van der Waals surface area contributed by atoms with E-state index in [9.17, 15) is 19.8 Å². The molecule has 0 bridgehead atoms. The van der Waals surface area contributed by atoms with Gasteiger partial charge in [0.25, 0.3) is 0 Å². The van der Waals surface area contributed by atoms with Crippen molar-refractivity contribution in [3.8, 4) is 0 Å². The van der Waals surface area contributed by atoms with E-state index in [1.165, 1.54) is 173 Å². The van der Waals surface area contributed by atoms with Gasteiger partial charge in [-0.2, -0.15) is 0 Å². The van der Waals surface area contributed by atoms with Crippen molar-refractivity contribution in [3.05, 3.63) is 36.5 Å². The second kappa shape index (κ2) is 53.7. The lowest BCUT2D eigenvalue weighted by atomic mass is 10.0. The number of ether oxygens (including phenoxy) is 1. The van der Waals surface area contributed by atoms with Gasteiger partial charge in [-0.3, -0.25) is 9.59 Å². The van der Waals surface area contributed by atoms with Gasteiger partial charge in [0, 0.05) is 12.8 Å². The van der Waals surface area contributed by atoms with Crippen LogP contribution in [-0.4, -0.2) is 47.4 Å². The Labute approximate surface area is 398 Å². The minimum absolute atomic E-state index is 0.0505. The number of esters is 1. The average Bonchev–Trinajstić information content (AvgIpc) is 3.29. The number of carbonyl (C=O) groups is 2. The highest BCUT2D eigenvalue weighted by atomic mass is 16.5. The Balaban J connectivity index is 3.52. The maximum Gasteiger partial charge on any atom is 0.305 e. The lowest BCUT2D eigenvalue weighted by Gasteiger charge is -2.22. The van der Waals surface area contributed by atoms with Gasteiger partial charge in [0.1, 0.15) is 0 Å². The molecule has 0 heterocycles. The van der Waals surface area contributed by atoms with Crippen LogP contribution in [0.4, 0.5) is 0 Å². The molecule has 6 nitrogen and oxygen atoms in total. The number of amides is 1. The highest BCUT2D eigenvalue weighted by Crippen LogP contribution is 2.17. The highest BCUT2D eigenvalue weighted by Gasteiger charge is 2.20. The fourth-order valence-electron chi connectivity index (χ4n) is 8.53. The third-order valence-electron chi connectivity index (χ3n) is 12.9. The third-order valence-corrected chi connectivity index (χ3v) is 12.9. The number of unbranched alkanes of at least 4 members (excludes halogenated alkanes) is 35. The van der Waals surface area contributed by atoms with Crippen molar-refractivity contribution in [1.29, 1.82) is 0 Å². The number of hydrogen-bond acceptors (Lipinski definition) is 5. The Morgan fingerprint density at radius 2 is 0.797 bits per heavy atom. The van der Waals surface area contributed by atoms with Crippen LogP contribution in [-0.2, 0) is 14.3 Å². The van der Waals surface area contributed by atoms with Gasteiger partial charge in [0.2, 0.25) is 5.91 Å². The normalized spacial score (nSPS) is 12.9. The van der Waals surface area contributed by atoms with Gasteiger partial charge in [0.15, 0.2) is 0 Å². The molecule has 0 rings (SSSR count). The molecule has 0 aliphatic rings. The number of aliphatic hydroxyl groups excluding tert-OH is 2. The predicted molar refractivity (Wildman–Crippen MR) is 278 cm³/mol. The fourth-order valence-corrected chi connectivity index (χ4v) is 8.53. The number of nitrogens with one attached hydrogen (secondary N) is 1. The van der Waals surface area contributed by atoms with Crippen molar-refractivity contribution in [2.75, 3.05) is 13.2 Å². The molecule has 0 aromatic heterocycles. The van der Waals surface area contributed by atoms with Crippen LogP contribution in [0.1, 0.15) is 296 Å². The molecule has 6 heteroatoms. The topological polar surface area (TPSA) is 95.9 Å². The first-order valence-electron chi connectivity index (χ1n) is 28.2. The summed E-state index contributed by atoms with van der Waals surface area (Å²) in [4.78, 5) is 24.5. The van der Waals surface area contributed by atoms with E-state index >= 15 is 0 Å². The number of allylic oxidation sites excluding steroid dienone is 6. The van der Waals surface area contributed by atoms with E-state index < -0.39 is 12.1 Å². The Morgan fingerprint density at radius 1 is 0.438 bits per heavy atom. The quantitative estimate of drug-likeness (QED) is 0.0321. The van der Waals surface area contributed by atoms with Gasteiger partial charge in [-0.05, 0) is 77.0 Å². The summed E-state index contributed by atoms with van der Waals surface area (Å²) in [6.45, 7) is 4.83. The third kappa shape index (κ3) is 49.5. The Bertz CT molecular complexity index is 1040. The highest BCUT2D eigenvalue weighted by molar-refractivity contribution is 5.76. The molecular weight excluding hydrogens is 791 g/mol. The second-order valence-electron chi connectivity index (χ2n) is 19.3. The number of carbonyl (C=O) groups excluding carboxylic acids is 2. The minimum Gasteiger partial charge on any atom is -0.466 e. The molecule has 0 saturated carbocycles. The molecule has 0 fully saturated rings. The molecule has 0 radical (unpaired) electrons. The lowest BCUT2D eigenvalue weighted by Crippen LogP contribution is -2.45. The van der Waals surface area contributed by atoms with Crippen LogP contribution in [0.5, 0.6) is 0 Å². The molecule has 64 heavy (non-hydrogen) atoms. The Kier molecular flexibility index (Phi) is 52.1. The summed E-state index contributed by atoms with van der Waals surface area (Å²) >= 11 is 0. The first-order chi connectivity index (χ1) is 31.5. The Hall–Kier alpha value is -1.92. The van der Waals surface area contributed by atoms with Gasteiger partial charge in [-0.25, -0.2) is 0 Å². The molecule has 0 aromatic carbocycles. The number of hydrogen-bond donors (Lipinski definition) is 3. The second-order valence-corrected chi connectivity index (χ2v) is 19.3. The molecule has 0 aromatic rings. The largest absolute Gasteiger partial charge is 0.466 e. The molecule has 0 saturated heterocycles. The van der Waals surface area contributed by atoms with Gasteiger partial charge in [-0.15, -0.1) is 0 Å². The zero-order chi connectivity index (χ0) is 46.5. The molecule has 0 spiro atoms. The van der Waals surface area contributed by atoms with E-state index in [4.69, 9.17) is 4.74 Å². The molecule has 3 N–H and O–H groups in total. The Morgan fingerprint density at radius 3 is 1.25 bits per heavy atom. The van der Waals surface area contributed by atoms with Crippen LogP contribution in [0.3, 0.4) is 0 Å². The van der Waals surface area contributed by atoms with Gasteiger partial charge in [-0.1, -0.05) is 243 Å². The van der Waals surface area contributed by atoms with Crippen molar-refractivity contribution in [3.63, 3.8) is 0 Å². The lowest BCUT2D eigenvalue weighted by molar-refractivity contribution is -0.143. The number of rotatable bonds is 52. The molecule has 376 valence electrons. The maximum atomic E-state index is 12.5. The molecule has 0 aliphatic carbocycles. The zero-order valence-corrected chi connectivity index (χ0v) is 42.8. The van der Waals surface area contributed by atoms with Gasteiger partial charge in [0.05, 0.1) is 25.4 Å². The van der Waals surface area contributed by atoms with E-state index in [1.807, 2.05) is 0 Å². The molecule has 1 amide bonds. The van der Waals surface area contributed by atoms with E-state index in [1.54, 1.807) is 0 Å². The summed E-state index contributed by atoms with van der Waals surface area (Å²) < 4.78 is 5.43. The van der Waals surface area contributed by atoms with E-state index in [0.29, 0.717) is 25.9 Å². The van der Waals surface area contributed by atoms with Crippen molar-refractivity contribution < 1.29 is 24.5 Å². The summed E-state index contributed by atoms with van der Waals surface area (Å²) in [6, 6.07) is -0.569. The van der Waals surface area contributed by atoms with E-state index in [-0.39, 0.29) is 18.5 Å². The SMILES string of the molecule is CCCC/C=C\C/C=C\CCCCCCCC(=O)OCCCC/C=C\CCCCCCC(=O)NC(CO)C(O)CCCCCCCCCCCCCCCCCCCCCCCCC. The summed E-state index contributed by atoms with van der Waals surface area (Å²) in [6.07, 6.45) is 65.6. The smallest absolute Gasteiger partial charge is 0.305 e. The minimum atomic E-state index is -0.688. The van der Waals surface area contributed by atoms with Gasteiger partial charge >= 0.3 is 5.97 Å². The van der Waals surface area contributed by atoms with Gasteiger partial charge < -0.3 is 20.3 Å². The van der Waals surface area contributed by atoms with Crippen molar-refractivity contribution in [1.82, 2.24) is 5.32 Å². The van der Waals surface area contributed by atoms with Crippen molar-refractivity contribution >= 4 is 11.9 Å². The van der Waals surface area contributed by atoms with Crippen LogP contribution < -0.4 is 5.32 Å². The molecular formula is C58H109NO5. The summed E-state index contributed by atoms with van der Waals surface area (Å²) in [5, 5.41) is 23.3. The van der Waals surface area contributed by atoms with Crippen molar-refractivity contribution in [2.24, 2.45) is 0 Å². The molecule has 0 aliphatic heterocycles. The summed E-state index contributed by atoms with van der Waals surface area (Å²) in [5.41, 5.74) is 0. The molecule has 2 atom stereocenters. The van der Waals surface area contributed by atoms with Crippen LogP contribution >= 0.6 is 0 Å². The monoisotopic (exact) mass is 900 g/mol. The first kappa shape index (κ1) is 62.1. The van der Waals surface area contributed by atoms with Crippen LogP contribution in [0.25, 0.3) is 0 Å². The summed E-state index contributed by atoms with van der Waals surface area (Å²) in [7, 11) is 0. The van der Waals surface area contributed by atoms with Crippen LogP contribution in [0.15, 0.2) is 36.5 Å². The number of aliphatic hydroxyl groups is 2. The standard InChI is InChI=1S/C58H109NO5/c1-3-5-7-9-11-13-15-17-19-20-21-22-23-24-25-26-27-28-30-34-38-42-46-50-56(61)55(54-60)59-57(62)51-47-43-39-35-32-33-37-41-45-49-53-64-58(63)52-48-44-40-36-31-29-18-16-14-12-10-8-6-4-2/h10,12,16,18,33,37,55-56,60-61H,3-9,11,13-15,17,19-32,34-36,38-54H2,1-2H3,(H,59,62)/b12-10-,18-16-,37-33-.